The van der Waals surface area contributed by atoms with E-state index in [1.165, 1.54) is 0 Å². The summed E-state index contributed by atoms with van der Waals surface area (Å²) in [6.07, 6.45) is 0. The van der Waals surface area contributed by atoms with Crippen molar-refractivity contribution in [3.63, 3.8) is 0 Å². The highest BCUT2D eigenvalue weighted by atomic mass is 16.5. The van der Waals surface area contributed by atoms with Gasteiger partial charge in [-0.05, 0) is 42.0 Å². The zero-order valence-corrected chi connectivity index (χ0v) is 13.6. The quantitative estimate of drug-likeness (QED) is 0.692. The van der Waals surface area contributed by atoms with Gasteiger partial charge in [-0.1, -0.05) is 60.4 Å². The standard InChI is InChI=1S/C22H19NO/c1-24-21-15-13-19(14-16-21)22(23-20-10-6-3-7-11-20)17-12-18-8-4-2-5-9-18/h2-11,13-16,22-23H,1H3/t22-/m0/s1. The van der Waals surface area contributed by atoms with Crippen molar-refractivity contribution in [3.05, 3.63) is 96.1 Å². The Bertz CT molecular complexity index is 815. The van der Waals surface area contributed by atoms with Gasteiger partial charge in [-0.15, -0.1) is 0 Å². The van der Waals surface area contributed by atoms with E-state index < -0.39 is 0 Å². The Labute approximate surface area is 143 Å². The minimum Gasteiger partial charge on any atom is -0.497 e. The monoisotopic (exact) mass is 313 g/mol. The number of rotatable bonds is 4. The van der Waals surface area contributed by atoms with Gasteiger partial charge in [-0.25, -0.2) is 0 Å². The van der Waals surface area contributed by atoms with Crippen molar-refractivity contribution in [2.75, 3.05) is 12.4 Å². The minimum absolute atomic E-state index is 0.0986. The lowest BCUT2D eigenvalue weighted by atomic mass is 10.1. The SMILES string of the molecule is COc1ccc([C@H](C#Cc2ccccc2)Nc2ccccc2)cc1. The fourth-order valence-electron chi connectivity index (χ4n) is 2.38. The normalized spacial score (nSPS) is 11.0. The lowest BCUT2D eigenvalue weighted by Crippen LogP contribution is -2.08. The molecule has 3 aromatic carbocycles. The molecule has 1 atom stereocenters. The van der Waals surface area contributed by atoms with Crippen molar-refractivity contribution < 1.29 is 4.74 Å². The lowest BCUT2D eigenvalue weighted by Gasteiger charge is -2.15. The van der Waals surface area contributed by atoms with Gasteiger partial charge in [0.1, 0.15) is 11.8 Å². The second kappa shape index (κ2) is 7.89. The van der Waals surface area contributed by atoms with Crippen LogP contribution in [0.25, 0.3) is 0 Å². The van der Waals surface area contributed by atoms with E-state index in [-0.39, 0.29) is 6.04 Å². The maximum atomic E-state index is 5.24. The number of para-hydroxylation sites is 1. The maximum Gasteiger partial charge on any atom is 0.118 e. The van der Waals surface area contributed by atoms with Crippen molar-refractivity contribution in [2.45, 2.75) is 6.04 Å². The number of anilines is 1. The second-order valence-electron chi connectivity index (χ2n) is 5.35. The van der Waals surface area contributed by atoms with E-state index in [2.05, 4.69) is 17.2 Å². The van der Waals surface area contributed by atoms with Crippen LogP contribution in [0.15, 0.2) is 84.9 Å². The smallest absolute Gasteiger partial charge is 0.118 e. The van der Waals surface area contributed by atoms with E-state index >= 15 is 0 Å². The summed E-state index contributed by atoms with van der Waals surface area (Å²) in [6, 6.07) is 28.0. The first-order valence-corrected chi connectivity index (χ1v) is 7.87. The molecule has 0 aliphatic heterocycles. The Balaban J connectivity index is 1.89. The van der Waals surface area contributed by atoms with Crippen molar-refractivity contribution >= 4 is 5.69 Å². The van der Waals surface area contributed by atoms with Crippen molar-refractivity contribution in [2.24, 2.45) is 0 Å². The number of nitrogens with one attached hydrogen (secondary N) is 1. The molecule has 0 aromatic heterocycles. The molecule has 0 aliphatic carbocycles. The molecule has 0 amide bonds. The third-order valence-corrected chi connectivity index (χ3v) is 3.67. The van der Waals surface area contributed by atoms with E-state index in [0.717, 1.165) is 22.6 Å². The Morgan fingerprint density at radius 1 is 0.792 bits per heavy atom. The van der Waals surface area contributed by atoms with Crippen LogP contribution < -0.4 is 10.1 Å². The Kier molecular flexibility index (Phi) is 5.17. The molecule has 0 heterocycles. The summed E-state index contributed by atoms with van der Waals surface area (Å²) in [5.74, 6) is 7.43. The molecule has 0 radical (unpaired) electrons. The molecule has 0 bridgehead atoms. The molecule has 2 nitrogen and oxygen atoms in total. The largest absolute Gasteiger partial charge is 0.497 e. The number of benzene rings is 3. The van der Waals surface area contributed by atoms with E-state index in [0.29, 0.717) is 0 Å². The highest BCUT2D eigenvalue weighted by Gasteiger charge is 2.08. The molecule has 24 heavy (non-hydrogen) atoms. The predicted molar refractivity (Wildman–Crippen MR) is 99.1 cm³/mol. The molecule has 0 aliphatic rings. The fourth-order valence-corrected chi connectivity index (χ4v) is 2.38. The maximum absolute atomic E-state index is 5.24. The van der Waals surface area contributed by atoms with E-state index in [9.17, 15) is 0 Å². The van der Waals surface area contributed by atoms with Crippen molar-refractivity contribution in [1.29, 1.82) is 0 Å². The first kappa shape index (κ1) is 15.7. The molecule has 0 unspecified atom stereocenters. The third-order valence-electron chi connectivity index (χ3n) is 3.67. The van der Waals surface area contributed by atoms with Gasteiger partial charge < -0.3 is 10.1 Å². The van der Waals surface area contributed by atoms with Gasteiger partial charge in [0.2, 0.25) is 0 Å². The Morgan fingerprint density at radius 2 is 1.42 bits per heavy atom. The lowest BCUT2D eigenvalue weighted by molar-refractivity contribution is 0.414. The van der Waals surface area contributed by atoms with Crippen LogP contribution in [0.1, 0.15) is 17.2 Å². The van der Waals surface area contributed by atoms with E-state index in [4.69, 9.17) is 4.74 Å². The second-order valence-corrected chi connectivity index (χ2v) is 5.35. The molecule has 118 valence electrons. The summed E-state index contributed by atoms with van der Waals surface area (Å²) in [5, 5.41) is 3.49. The summed E-state index contributed by atoms with van der Waals surface area (Å²) in [5.41, 5.74) is 3.15. The summed E-state index contributed by atoms with van der Waals surface area (Å²) in [4.78, 5) is 0. The topological polar surface area (TPSA) is 21.3 Å². The third kappa shape index (κ3) is 4.18. The van der Waals surface area contributed by atoms with Gasteiger partial charge in [0.25, 0.3) is 0 Å². The van der Waals surface area contributed by atoms with Crippen LogP contribution in [-0.4, -0.2) is 7.11 Å². The van der Waals surface area contributed by atoms with Crippen LogP contribution in [0.2, 0.25) is 0 Å². The molecule has 2 heteroatoms. The molecule has 0 spiro atoms. The fraction of sp³-hybridized carbons (Fsp3) is 0.0909. The number of hydrogen-bond acceptors (Lipinski definition) is 2. The van der Waals surface area contributed by atoms with Gasteiger partial charge >= 0.3 is 0 Å². The molecule has 3 rings (SSSR count). The molecule has 0 saturated heterocycles. The summed E-state index contributed by atoms with van der Waals surface area (Å²) in [6.45, 7) is 0. The van der Waals surface area contributed by atoms with Crippen LogP contribution in [0.4, 0.5) is 5.69 Å². The summed E-state index contributed by atoms with van der Waals surface area (Å²) >= 11 is 0. The molecule has 3 aromatic rings. The highest BCUT2D eigenvalue weighted by molar-refractivity contribution is 5.49. The van der Waals surface area contributed by atoms with Gasteiger partial charge in [-0.2, -0.15) is 0 Å². The average molecular weight is 313 g/mol. The molecular formula is C22H19NO. The molecular weight excluding hydrogens is 294 g/mol. The van der Waals surface area contributed by atoms with E-state index in [1.807, 2.05) is 84.9 Å². The molecule has 1 N–H and O–H groups in total. The number of ether oxygens (including phenoxy) is 1. The predicted octanol–water partition coefficient (Wildman–Crippen LogP) is 4.90. The number of hydrogen-bond donors (Lipinski definition) is 1. The van der Waals surface area contributed by atoms with Gasteiger partial charge in [0.15, 0.2) is 0 Å². The molecule has 0 fully saturated rings. The van der Waals surface area contributed by atoms with Gasteiger partial charge in [0.05, 0.1) is 7.11 Å². The van der Waals surface area contributed by atoms with Crippen LogP contribution >= 0.6 is 0 Å². The van der Waals surface area contributed by atoms with Gasteiger partial charge in [0, 0.05) is 11.3 Å². The summed E-state index contributed by atoms with van der Waals surface area (Å²) < 4.78 is 5.24. The van der Waals surface area contributed by atoms with Crippen LogP contribution in [0.3, 0.4) is 0 Å². The van der Waals surface area contributed by atoms with E-state index in [1.54, 1.807) is 7.11 Å². The van der Waals surface area contributed by atoms with Crippen molar-refractivity contribution in [1.82, 2.24) is 0 Å². The first-order valence-electron chi connectivity index (χ1n) is 7.87. The average Bonchev–Trinajstić information content (AvgIpc) is 2.67. The Hall–Kier alpha value is -3.18. The van der Waals surface area contributed by atoms with Crippen LogP contribution in [0.5, 0.6) is 5.75 Å². The zero-order chi connectivity index (χ0) is 16.6. The van der Waals surface area contributed by atoms with Gasteiger partial charge in [-0.3, -0.25) is 0 Å². The first-order chi connectivity index (χ1) is 11.8. The number of methoxy groups -OCH3 is 1. The Morgan fingerprint density at radius 3 is 2.04 bits per heavy atom. The highest BCUT2D eigenvalue weighted by Crippen LogP contribution is 2.21. The van der Waals surface area contributed by atoms with Crippen LogP contribution in [0, 0.1) is 11.8 Å². The molecule has 0 saturated carbocycles. The van der Waals surface area contributed by atoms with Crippen LogP contribution in [-0.2, 0) is 0 Å². The zero-order valence-electron chi connectivity index (χ0n) is 13.6. The minimum atomic E-state index is -0.0986. The summed E-state index contributed by atoms with van der Waals surface area (Å²) in [7, 11) is 1.67. The van der Waals surface area contributed by atoms with Crippen molar-refractivity contribution in [3.8, 4) is 17.6 Å².